The average Bonchev–Trinajstić information content (AvgIpc) is 3.29. The molecule has 2 aromatic rings. The number of nitrogens with zero attached hydrogens (tertiary/aromatic N) is 3. The van der Waals surface area contributed by atoms with Crippen molar-refractivity contribution >= 4 is 52.5 Å². The van der Waals surface area contributed by atoms with Gasteiger partial charge in [-0.15, -0.1) is 11.8 Å². The van der Waals surface area contributed by atoms with Crippen LogP contribution in [-0.2, 0) is 14.4 Å². The predicted octanol–water partition coefficient (Wildman–Crippen LogP) is 5.00. The van der Waals surface area contributed by atoms with Gasteiger partial charge in [-0.3, -0.25) is 14.4 Å². The number of carbonyl (C=O) groups excluding carboxylic acids is 3. The number of likely N-dealkylation sites (tertiary alicyclic amines) is 1. The summed E-state index contributed by atoms with van der Waals surface area (Å²) >= 11 is 8.25. The first-order valence-corrected chi connectivity index (χ1v) is 16.0. The Labute approximate surface area is 256 Å². The van der Waals surface area contributed by atoms with Crippen molar-refractivity contribution in [3.8, 4) is 0 Å². The van der Waals surface area contributed by atoms with Crippen molar-refractivity contribution in [1.29, 1.82) is 0 Å². The number of rotatable bonds is 8. The fourth-order valence-electron chi connectivity index (χ4n) is 7.13. The van der Waals surface area contributed by atoms with Crippen molar-refractivity contribution in [2.45, 2.75) is 48.6 Å². The maximum absolute atomic E-state index is 14.7. The highest BCUT2D eigenvalue weighted by atomic mass is 35.5. The van der Waals surface area contributed by atoms with Crippen molar-refractivity contribution in [3.05, 3.63) is 83.4 Å². The Morgan fingerprint density at radius 1 is 0.905 bits per heavy atom. The summed E-state index contributed by atoms with van der Waals surface area (Å²) in [6.45, 7) is 3.27. The monoisotopic (exact) mass is 605 g/mol. The van der Waals surface area contributed by atoms with Gasteiger partial charge < -0.3 is 19.8 Å². The number of benzene rings is 2. The van der Waals surface area contributed by atoms with Crippen LogP contribution in [0.2, 0.25) is 5.02 Å². The number of fused-ring (bicyclic) bond motifs is 2. The molecule has 42 heavy (non-hydrogen) atoms. The first-order chi connectivity index (χ1) is 20.4. The molecule has 0 saturated carbocycles. The lowest BCUT2D eigenvalue weighted by atomic mass is 9.78. The zero-order valence-corrected chi connectivity index (χ0v) is 25.3. The van der Waals surface area contributed by atoms with Gasteiger partial charge in [0.05, 0.1) is 27.3 Å². The standard InChI is InChI=1S/C33H36ClN3O4S/c1-22-12-9-15-24(34)28(22)36-20-11-17-33-27(31(40)37(29(33)32(36)41)18-7-2-3-8-21-38)26-25(42-33)16-10-19-35(30(26)39)23-13-5-4-6-14-23/h4-6,9-17,25-27,29,38H,2-3,7-8,18-21H2,1H3/t25-,26+,27-,29?,33-/m0/s1. The lowest BCUT2D eigenvalue weighted by Gasteiger charge is -2.35. The first-order valence-electron chi connectivity index (χ1n) is 14.8. The summed E-state index contributed by atoms with van der Waals surface area (Å²) in [5, 5.41) is 9.48. The third kappa shape index (κ3) is 4.77. The second kappa shape index (κ2) is 11.9. The molecule has 1 N–H and O–H groups in total. The molecule has 7 nitrogen and oxygen atoms in total. The number of hydrogen-bond donors (Lipinski definition) is 1. The zero-order valence-electron chi connectivity index (χ0n) is 23.7. The second-order valence-corrected chi connectivity index (χ2v) is 13.4. The van der Waals surface area contributed by atoms with Crippen molar-refractivity contribution in [3.63, 3.8) is 0 Å². The van der Waals surface area contributed by atoms with Gasteiger partial charge in [0, 0.05) is 37.2 Å². The molecule has 0 radical (unpaired) electrons. The number of amides is 3. The molecule has 2 aromatic carbocycles. The van der Waals surface area contributed by atoms with Crippen LogP contribution in [0.1, 0.15) is 31.2 Å². The van der Waals surface area contributed by atoms with E-state index in [1.54, 1.807) is 32.5 Å². The zero-order chi connectivity index (χ0) is 29.4. The molecule has 4 heterocycles. The fraction of sp³-hybridized carbons (Fsp3) is 0.424. The third-order valence-electron chi connectivity index (χ3n) is 8.99. The van der Waals surface area contributed by atoms with Gasteiger partial charge in [-0.05, 0) is 43.5 Å². The quantitative estimate of drug-likeness (QED) is 0.338. The molecule has 0 aliphatic carbocycles. The predicted molar refractivity (Wildman–Crippen MR) is 168 cm³/mol. The van der Waals surface area contributed by atoms with Crippen LogP contribution in [0.4, 0.5) is 11.4 Å². The first kappa shape index (κ1) is 29.0. The van der Waals surface area contributed by atoms with E-state index in [1.165, 1.54) is 0 Å². The molecule has 0 bridgehead atoms. The summed E-state index contributed by atoms with van der Waals surface area (Å²) in [6, 6.07) is 14.4. The largest absolute Gasteiger partial charge is 0.396 e. The molecule has 4 aliphatic heterocycles. The minimum Gasteiger partial charge on any atom is -0.396 e. The highest BCUT2D eigenvalue weighted by molar-refractivity contribution is 8.02. The van der Waals surface area contributed by atoms with Crippen LogP contribution in [0.15, 0.2) is 72.8 Å². The van der Waals surface area contributed by atoms with Gasteiger partial charge in [-0.1, -0.05) is 79.1 Å². The molecule has 220 valence electrons. The minimum absolute atomic E-state index is 0.0774. The van der Waals surface area contributed by atoms with Gasteiger partial charge in [0.2, 0.25) is 11.8 Å². The van der Waals surface area contributed by atoms with Crippen molar-refractivity contribution in [1.82, 2.24) is 4.90 Å². The second-order valence-electron chi connectivity index (χ2n) is 11.5. The Hall–Kier alpha value is -3.07. The van der Waals surface area contributed by atoms with Crippen LogP contribution < -0.4 is 9.80 Å². The summed E-state index contributed by atoms with van der Waals surface area (Å²) in [5.41, 5.74) is 2.35. The van der Waals surface area contributed by atoms with E-state index < -0.39 is 22.6 Å². The highest BCUT2D eigenvalue weighted by Crippen LogP contribution is 2.61. The van der Waals surface area contributed by atoms with Gasteiger partial charge in [-0.25, -0.2) is 0 Å². The smallest absolute Gasteiger partial charge is 0.251 e. The normalized spacial score (nSPS) is 28.5. The van der Waals surface area contributed by atoms with Crippen molar-refractivity contribution in [2.75, 3.05) is 36.0 Å². The van der Waals surface area contributed by atoms with Gasteiger partial charge in [0.1, 0.15) is 6.04 Å². The molecular weight excluding hydrogens is 570 g/mol. The Morgan fingerprint density at radius 3 is 2.43 bits per heavy atom. The number of aryl methyl sites for hydroxylation is 1. The number of carbonyl (C=O) groups is 3. The number of anilines is 2. The number of unbranched alkanes of at least 4 members (excludes halogenated alkanes) is 3. The number of aliphatic hydroxyl groups excluding tert-OH is 1. The topological polar surface area (TPSA) is 81.2 Å². The number of aliphatic hydroxyl groups is 1. The lowest BCUT2D eigenvalue weighted by molar-refractivity contribution is -0.138. The molecule has 4 aliphatic rings. The maximum atomic E-state index is 14.7. The van der Waals surface area contributed by atoms with Crippen LogP contribution in [0.25, 0.3) is 0 Å². The molecule has 1 unspecified atom stereocenters. The molecule has 6 rings (SSSR count). The van der Waals surface area contributed by atoms with Gasteiger partial charge >= 0.3 is 0 Å². The molecular formula is C33H36ClN3O4S. The van der Waals surface area contributed by atoms with Crippen LogP contribution in [0, 0.1) is 18.8 Å². The van der Waals surface area contributed by atoms with Gasteiger partial charge in [0.25, 0.3) is 5.91 Å². The number of thioether (sulfide) groups is 1. The van der Waals surface area contributed by atoms with Crippen LogP contribution in [0.3, 0.4) is 0 Å². The molecule has 1 spiro atoms. The summed E-state index contributed by atoms with van der Waals surface area (Å²) in [7, 11) is 0. The molecule has 2 saturated heterocycles. The van der Waals surface area contributed by atoms with E-state index in [0.717, 1.165) is 30.5 Å². The Bertz CT molecular complexity index is 1410. The fourth-order valence-corrected chi connectivity index (χ4v) is 9.46. The highest BCUT2D eigenvalue weighted by Gasteiger charge is 2.71. The van der Waals surface area contributed by atoms with E-state index in [2.05, 4.69) is 6.08 Å². The van der Waals surface area contributed by atoms with E-state index in [4.69, 9.17) is 11.6 Å². The summed E-state index contributed by atoms with van der Waals surface area (Å²) in [4.78, 5) is 48.7. The lowest BCUT2D eigenvalue weighted by Crippen LogP contribution is -2.53. The minimum atomic E-state index is -0.877. The Kier molecular flexibility index (Phi) is 8.22. The molecule has 0 aromatic heterocycles. The van der Waals surface area contributed by atoms with E-state index in [9.17, 15) is 19.5 Å². The van der Waals surface area contributed by atoms with E-state index >= 15 is 0 Å². The van der Waals surface area contributed by atoms with Crippen molar-refractivity contribution < 1.29 is 19.5 Å². The van der Waals surface area contributed by atoms with Crippen LogP contribution >= 0.6 is 23.4 Å². The number of halogens is 1. The molecule has 5 atom stereocenters. The van der Waals surface area contributed by atoms with Gasteiger partial charge in [0.15, 0.2) is 0 Å². The third-order valence-corrected chi connectivity index (χ3v) is 11.0. The summed E-state index contributed by atoms with van der Waals surface area (Å²) in [6.07, 6.45) is 11.2. The molecule has 3 amide bonds. The van der Waals surface area contributed by atoms with Gasteiger partial charge in [-0.2, -0.15) is 0 Å². The van der Waals surface area contributed by atoms with Crippen LogP contribution in [-0.4, -0.2) is 70.0 Å². The summed E-state index contributed by atoms with van der Waals surface area (Å²) in [5.74, 6) is -1.62. The SMILES string of the molecule is Cc1cccc(Cl)c1N1CC=C[C@]23S[C@H]4C=CCN(c5ccccc5)C(=O)[C@H]4[C@H]2C(=O)N(CCCCCCO)C3C1=O. The Morgan fingerprint density at radius 2 is 1.67 bits per heavy atom. The molecule has 9 heteroatoms. The van der Waals surface area contributed by atoms with E-state index in [1.807, 2.05) is 67.6 Å². The summed E-state index contributed by atoms with van der Waals surface area (Å²) < 4.78 is -0.877. The van der Waals surface area contributed by atoms with E-state index in [0.29, 0.717) is 36.8 Å². The Balaban J connectivity index is 1.41. The molecule has 2 fully saturated rings. The van der Waals surface area contributed by atoms with Crippen LogP contribution in [0.5, 0.6) is 0 Å². The maximum Gasteiger partial charge on any atom is 0.251 e. The average molecular weight is 606 g/mol. The van der Waals surface area contributed by atoms with E-state index in [-0.39, 0.29) is 29.6 Å². The van der Waals surface area contributed by atoms with Crippen molar-refractivity contribution in [2.24, 2.45) is 11.8 Å². The number of hydrogen-bond acceptors (Lipinski definition) is 5. The number of para-hydroxylation sites is 2.